The van der Waals surface area contributed by atoms with Crippen molar-refractivity contribution in [3.63, 3.8) is 0 Å². The summed E-state index contributed by atoms with van der Waals surface area (Å²) in [5, 5.41) is 0. The second-order valence-electron chi connectivity index (χ2n) is 4.26. The molecule has 16 heavy (non-hydrogen) atoms. The highest BCUT2D eigenvalue weighted by Gasteiger charge is 2.08. The maximum atomic E-state index is 6.05. The van der Waals surface area contributed by atoms with Gasteiger partial charge in [-0.1, -0.05) is 38.5 Å². The van der Waals surface area contributed by atoms with E-state index in [9.17, 15) is 0 Å². The Balaban J connectivity index is 3.11. The summed E-state index contributed by atoms with van der Waals surface area (Å²) in [6, 6.07) is 0. The van der Waals surface area contributed by atoms with Crippen molar-refractivity contribution in [2.45, 2.75) is 46.5 Å². The lowest BCUT2D eigenvalue weighted by atomic mass is 9.92. The summed E-state index contributed by atoms with van der Waals surface area (Å²) in [6.45, 7) is 6.58. The number of allylic oxidation sites excluding steroid dienone is 7. The monoisotopic (exact) mass is 217 g/mol. The summed E-state index contributed by atoms with van der Waals surface area (Å²) < 4.78 is 0. The summed E-state index contributed by atoms with van der Waals surface area (Å²) in [6.07, 6.45) is 13.0. The van der Waals surface area contributed by atoms with Crippen molar-refractivity contribution < 1.29 is 0 Å². The fraction of sp³-hybridized carbons (Fsp3) is 0.467. The van der Waals surface area contributed by atoms with Crippen LogP contribution in [0.4, 0.5) is 0 Å². The molecule has 1 aliphatic rings. The van der Waals surface area contributed by atoms with Gasteiger partial charge in [0.2, 0.25) is 0 Å². The van der Waals surface area contributed by atoms with Crippen molar-refractivity contribution in [1.29, 1.82) is 0 Å². The van der Waals surface area contributed by atoms with Crippen LogP contribution in [-0.2, 0) is 0 Å². The molecule has 1 aliphatic carbocycles. The van der Waals surface area contributed by atoms with E-state index in [1.54, 1.807) is 0 Å². The van der Waals surface area contributed by atoms with Gasteiger partial charge in [0.05, 0.1) is 0 Å². The average molecular weight is 217 g/mol. The molecule has 0 unspecified atom stereocenters. The van der Waals surface area contributed by atoms with E-state index in [1.165, 1.54) is 29.6 Å². The van der Waals surface area contributed by atoms with Crippen molar-refractivity contribution >= 4 is 0 Å². The normalized spacial score (nSPS) is 29.7. The number of unbranched alkanes of at least 4 members (excludes halogenated alkanes) is 1. The Labute approximate surface area is 99.4 Å². The van der Waals surface area contributed by atoms with Gasteiger partial charge in [0.25, 0.3) is 0 Å². The summed E-state index contributed by atoms with van der Waals surface area (Å²) in [7, 11) is 0. The minimum atomic E-state index is 0.904. The first kappa shape index (κ1) is 12.8. The Bertz CT molecular complexity index is 354. The minimum Gasteiger partial charge on any atom is -0.399 e. The molecule has 0 aromatic carbocycles. The molecule has 0 radical (unpaired) electrons. The lowest BCUT2D eigenvalue weighted by Crippen LogP contribution is -2.03. The first-order valence-electron chi connectivity index (χ1n) is 6.24. The molecule has 0 aliphatic heterocycles. The number of nitrogens with two attached hydrogens (primary N) is 1. The maximum Gasteiger partial charge on any atom is 0.0346 e. The molecular weight excluding hydrogens is 194 g/mol. The zero-order valence-corrected chi connectivity index (χ0v) is 10.7. The first-order valence-corrected chi connectivity index (χ1v) is 6.24. The number of hydrogen-bond donors (Lipinski definition) is 1. The topological polar surface area (TPSA) is 26.0 Å². The molecule has 1 rings (SSSR count). The molecule has 0 amide bonds. The van der Waals surface area contributed by atoms with Crippen LogP contribution >= 0.6 is 0 Å². The van der Waals surface area contributed by atoms with Crippen LogP contribution in [0.1, 0.15) is 46.5 Å². The molecule has 0 aromatic rings. The summed E-state index contributed by atoms with van der Waals surface area (Å²) in [5.74, 6) is 0. The fourth-order valence-corrected chi connectivity index (χ4v) is 2.00. The SMILES string of the molecule is CCCCC1=C(CC)/C=C/C=C\C(N)=C\1C. The highest BCUT2D eigenvalue weighted by Crippen LogP contribution is 2.26. The van der Waals surface area contributed by atoms with Gasteiger partial charge in [-0.15, -0.1) is 0 Å². The predicted octanol–water partition coefficient (Wildman–Crippen LogP) is 4.24. The van der Waals surface area contributed by atoms with E-state index in [1.807, 2.05) is 12.2 Å². The number of rotatable bonds is 4. The molecule has 0 saturated carbocycles. The molecule has 1 nitrogen and oxygen atoms in total. The molecule has 0 bridgehead atoms. The van der Waals surface area contributed by atoms with E-state index in [2.05, 4.69) is 32.9 Å². The van der Waals surface area contributed by atoms with E-state index in [-0.39, 0.29) is 0 Å². The highest BCUT2D eigenvalue weighted by atomic mass is 14.6. The van der Waals surface area contributed by atoms with Gasteiger partial charge in [0, 0.05) is 5.70 Å². The molecule has 0 aromatic heterocycles. The maximum absolute atomic E-state index is 6.05. The van der Waals surface area contributed by atoms with E-state index in [0.29, 0.717) is 0 Å². The second kappa shape index (κ2) is 6.37. The van der Waals surface area contributed by atoms with Gasteiger partial charge in [-0.3, -0.25) is 0 Å². The van der Waals surface area contributed by atoms with Crippen molar-refractivity contribution in [2.75, 3.05) is 0 Å². The predicted molar refractivity (Wildman–Crippen MR) is 72.0 cm³/mol. The minimum absolute atomic E-state index is 0.904. The van der Waals surface area contributed by atoms with Gasteiger partial charge in [0.1, 0.15) is 0 Å². The van der Waals surface area contributed by atoms with Crippen LogP contribution in [0, 0.1) is 0 Å². The van der Waals surface area contributed by atoms with Crippen molar-refractivity contribution in [2.24, 2.45) is 5.73 Å². The van der Waals surface area contributed by atoms with E-state index < -0.39 is 0 Å². The number of hydrogen-bond acceptors (Lipinski definition) is 1. The van der Waals surface area contributed by atoms with E-state index >= 15 is 0 Å². The standard InChI is InChI=1S/C15H23N/c1-4-6-10-14-12(3)15(16)11-8-7-9-13(14)5-2/h7-9,11H,4-6,10,16H2,1-3H3/b8-7?,9-7+,11-8-,13-9?,14-12?,14-13-,15-11?,15-12-. The van der Waals surface area contributed by atoms with Gasteiger partial charge in [-0.2, -0.15) is 0 Å². The van der Waals surface area contributed by atoms with Crippen LogP contribution in [0.2, 0.25) is 0 Å². The molecule has 0 saturated heterocycles. The Morgan fingerprint density at radius 3 is 2.44 bits per heavy atom. The van der Waals surface area contributed by atoms with Crippen LogP contribution < -0.4 is 5.73 Å². The Kier molecular flexibility index (Phi) is 5.10. The lowest BCUT2D eigenvalue weighted by Gasteiger charge is -2.15. The molecule has 0 heterocycles. The third-order valence-corrected chi connectivity index (χ3v) is 3.12. The third-order valence-electron chi connectivity index (χ3n) is 3.12. The molecule has 0 atom stereocenters. The van der Waals surface area contributed by atoms with Crippen LogP contribution in [0.3, 0.4) is 0 Å². The largest absolute Gasteiger partial charge is 0.399 e. The zero-order chi connectivity index (χ0) is 12.0. The van der Waals surface area contributed by atoms with Crippen molar-refractivity contribution in [3.05, 3.63) is 46.7 Å². The Hall–Kier alpha value is -1.24. The summed E-state index contributed by atoms with van der Waals surface area (Å²) in [5.41, 5.74) is 11.1. The Morgan fingerprint density at radius 2 is 1.81 bits per heavy atom. The van der Waals surface area contributed by atoms with Gasteiger partial charge < -0.3 is 5.73 Å². The molecule has 2 N–H and O–H groups in total. The third kappa shape index (κ3) is 3.13. The second-order valence-corrected chi connectivity index (χ2v) is 4.26. The van der Waals surface area contributed by atoms with Gasteiger partial charge >= 0.3 is 0 Å². The highest BCUT2D eigenvalue weighted by molar-refractivity contribution is 5.46. The summed E-state index contributed by atoms with van der Waals surface area (Å²) >= 11 is 0. The van der Waals surface area contributed by atoms with Crippen LogP contribution in [0.25, 0.3) is 0 Å². The average Bonchev–Trinajstić information content (AvgIpc) is 2.29. The van der Waals surface area contributed by atoms with Gasteiger partial charge in [-0.25, -0.2) is 0 Å². The molecule has 0 fully saturated rings. The van der Waals surface area contributed by atoms with E-state index in [0.717, 1.165) is 18.5 Å². The van der Waals surface area contributed by atoms with Crippen LogP contribution in [0.15, 0.2) is 46.7 Å². The molecule has 1 heteroatoms. The molecular formula is C15H23N. The Morgan fingerprint density at radius 1 is 1.12 bits per heavy atom. The summed E-state index contributed by atoms with van der Waals surface area (Å²) in [4.78, 5) is 0. The van der Waals surface area contributed by atoms with Crippen molar-refractivity contribution in [3.8, 4) is 0 Å². The van der Waals surface area contributed by atoms with Crippen LogP contribution in [0.5, 0.6) is 0 Å². The molecule has 0 spiro atoms. The zero-order valence-electron chi connectivity index (χ0n) is 10.7. The smallest absolute Gasteiger partial charge is 0.0346 e. The lowest BCUT2D eigenvalue weighted by molar-refractivity contribution is 0.781. The fourth-order valence-electron chi connectivity index (χ4n) is 2.00. The quantitative estimate of drug-likeness (QED) is 0.748. The van der Waals surface area contributed by atoms with Crippen molar-refractivity contribution in [1.82, 2.24) is 0 Å². The first-order chi connectivity index (χ1) is 7.70. The van der Waals surface area contributed by atoms with Gasteiger partial charge in [-0.05, 0) is 49.0 Å². The van der Waals surface area contributed by atoms with Gasteiger partial charge in [0.15, 0.2) is 0 Å². The molecule has 88 valence electrons. The van der Waals surface area contributed by atoms with Crippen LogP contribution in [-0.4, -0.2) is 0 Å². The van der Waals surface area contributed by atoms with E-state index in [4.69, 9.17) is 5.73 Å².